The zero-order valence-corrected chi connectivity index (χ0v) is 18.0. The molecule has 1 spiro atoms. The maximum Gasteiger partial charge on any atom is 0.339 e. The van der Waals surface area contributed by atoms with Gasteiger partial charge in [0, 0.05) is 15.7 Å². The molecule has 3 N–H and O–H groups in total. The minimum Gasteiger partial charge on any atom is -0.462 e. The van der Waals surface area contributed by atoms with Crippen LogP contribution in [0.3, 0.4) is 0 Å². The predicted molar refractivity (Wildman–Crippen MR) is 107 cm³/mol. The number of fused-ring (bicyclic) bond motifs is 2. The summed E-state index contributed by atoms with van der Waals surface area (Å²) in [6.45, 7) is 6.53. The molecule has 154 valence electrons. The van der Waals surface area contributed by atoms with Crippen molar-refractivity contribution >= 4 is 39.5 Å². The molecule has 2 heterocycles. The number of allylic oxidation sites excluding steroid dienone is 1. The van der Waals surface area contributed by atoms with Gasteiger partial charge in [0.1, 0.15) is 22.7 Å². The summed E-state index contributed by atoms with van der Waals surface area (Å²) in [6.07, 6.45) is -0.475. The number of nitrogens with one attached hydrogen (secondary N) is 1. The van der Waals surface area contributed by atoms with Crippen LogP contribution in [0.2, 0.25) is 0 Å². The van der Waals surface area contributed by atoms with E-state index in [0.29, 0.717) is 15.7 Å². The summed E-state index contributed by atoms with van der Waals surface area (Å²) in [5, 5.41) is 2.92. The number of esters is 3. The maximum absolute atomic E-state index is 13.3. The van der Waals surface area contributed by atoms with Crippen LogP contribution in [0, 0.1) is 0 Å². The Bertz CT molecular complexity index is 981. The average Bonchev–Trinajstić information content (AvgIpc) is 2.86. The third-order valence-electron chi connectivity index (χ3n) is 4.60. The van der Waals surface area contributed by atoms with Crippen molar-refractivity contribution in [1.29, 1.82) is 0 Å². The Balaban J connectivity index is 2.39. The maximum atomic E-state index is 13.3. The normalized spacial score (nSPS) is 20.6. The molecule has 0 bridgehead atoms. The Morgan fingerprint density at radius 2 is 1.97 bits per heavy atom. The summed E-state index contributed by atoms with van der Waals surface area (Å²) in [4.78, 5) is 39.3. The molecular weight excluding hydrogens is 444 g/mol. The monoisotopic (exact) mass is 464 g/mol. The molecule has 9 heteroatoms. The standard InChI is InChI=1S/C20H21BrN2O6/c1-5-27-17(24)14-10(4)29-19(26)20(14)12-8-11(21)6-7-13(12)23-16(22)15(20)18(25)28-9(2)3/h6-9,23H,5,22H2,1-4H3/t20-/m1/s1. The van der Waals surface area contributed by atoms with Gasteiger partial charge < -0.3 is 25.3 Å². The van der Waals surface area contributed by atoms with E-state index in [0.717, 1.165) is 0 Å². The second-order valence-electron chi connectivity index (χ2n) is 6.85. The summed E-state index contributed by atoms with van der Waals surface area (Å²) in [5.41, 5.74) is 4.77. The van der Waals surface area contributed by atoms with Crippen molar-refractivity contribution in [1.82, 2.24) is 0 Å². The summed E-state index contributed by atoms with van der Waals surface area (Å²) >= 11 is 3.38. The fourth-order valence-electron chi connectivity index (χ4n) is 3.62. The van der Waals surface area contributed by atoms with E-state index in [-0.39, 0.29) is 29.3 Å². The second kappa shape index (κ2) is 7.55. The lowest BCUT2D eigenvalue weighted by Crippen LogP contribution is -2.48. The van der Waals surface area contributed by atoms with Crippen LogP contribution in [-0.4, -0.2) is 30.6 Å². The molecule has 2 aliphatic heterocycles. The lowest BCUT2D eigenvalue weighted by molar-refractivity contribution is -0.149. The van der Waals surface area contributed by atoms with E-state index in [1.807, 2.05) is 0 Å². The van der Waals surface area contributed by atoms with Crippen molar-refractivity contribution in [2.24, 2.45) is 5.73 Å². The van der Waals surface area contributed by atoms with Crippen LogP contribution in [0.5, 0.6) is 0 Å². The number of ether oxygens (including phenoxy) is 3. The Morgan fingerprint density at radius 3 is 2.59 bits per heavy atom. The second-order valence-corrected chi connectivity index (χ2v) is 7.76. The van der Waals surface area contributed by atoms with Gasteiger partial charge in [-0.3, -0.25) is 0 Å². The van der Waals surface area contributed by atoms with Crippen LogP contribution in [0.1, 0.15) is 33.3 Å². The van der Waals surface area contributed by atoms with Crippen LogP contribution in [0.4, 0.5) is 5.69 Å². The van der Waals surface area contributed by atoms with Gasteiger partial charge in [0.25, 0.3) is 0 Å². The largest absolute Gasteiger partial charge is 0.462 e. The SMILES string of the molecule is CCOC(=O)C1=C(C)OC(=O)[C@@]12C(C(=O)OC(C)C)=C(N)Nc1ccc(Br)cc12. The van der Waals surface area contributed by atoms with E-state index in [4.69, 9.17) is 19.9 Å². The Morgan fingerprint density at radius 1 is 1.28 bits per heavy atom. The lowest BCUT2D eigenvalue weighted by atomic mass is 9.67. The number of rotatable bonds is 4. The Labute approximate surface area is 176 Å². The highest BCUT2D eigenvalue weighted by molar-refractivity contribution is 9.10. The third-order valence-corrected chi connectivity index (χ3v) is 5.10. The molecule has 0 aromatic heterocycles. The van der Waals surface area contributed by atoms with Crippen molar-refractivity contribution in [2.75, 3.05) is 11.9 Å². The van der Waals surface area contributed by atoms with E-state index < -0.39 is 29.4 Å². The molecule has 0 fully saturated rings. The molecule has 0 saturated carbocycles. The van der Waals surface area contributed by atoms with Crippen LogP contribution in [0.25, 0.3) is 0 Å². The molecule has 0 unspecified atom stereocenters. The molecular formula is C20H21BrN2O6. The molecule has 0 aliphatic carbocycles. The number of nitrogens with two attached hydrogens (primary N) is 1. The minimum atomic E-state index is -1.91. The third kappa shape index (κ3) is 3.19. The quantitative estimate of drug-likeness (QED) is 0.515. The van der Waals surface area contributed by atoms with Gasteiger partial charge in [0.2, 0.25) is 0 Å². The summed E-state index contributed by atoms with van der Waals surface area (Å²) in [6, 6.07) is 5.06. The number of hydrogen-bond donors (Lipinski definition) is 2. The van der Waals surface area contributed by atoms with Gasteiger partial charge in [-0.25, -0.2) is 14.4 Å². The molecule has 1 aromatic rings. The van der Waals surface area contributed by atoms with E-state index in [2.05, 4.69) is 21.2 Å². The van der Waals surface area contributed by atoms with Crippen LogP contribution in [-0.2, 0) is 34.0 Å². The fraction of sp³-hybridized carbons (Fsp3) is 0.350. The topological polar surface area (TPSA) is 117 Å². The molecule has 8 nitrogen and oxygen atoms in total. The van der Waals surface area contributed by atoms with Gasteiger partial charge in [0.15, 0.2) is 5.41 Å². The highest BCUT2D eigenvalue weighted by atomic mass is 79.9. The highest BCUT2D eigenvalue weighted by Crippen LogP contribution is 2.53. The van der Waals surface area contributed by atoms with Crippen LogP contribution in [0.15, 0.2) is 45.4 Å². The van der Waals surface area contributed by atoms with Crippen LogP contribution < -0.4 is 11.1 Å². The van der Waals surface area contributed by atoms with Crippen molar-refractivity contribution < 1.29 is 28.6 Å². The molecule has 2 aliphatic rings. The number of anilines is 1. The van der Waals surface area contributed by atoms with E-state index in [9.17, 15) is 14.4 Å². The van der Waals surface area contributed by atoms with Crippen molar-refractivity contribution in [3.05, 3.63) is 51.0 Å². The van der Waals surface area contributed by atoms with E-state index in [1.165, 1.54) is 6.92 Å². The van der Waals surface area contributed by atoms with Gasteiger partial charge in [-0.15, -0.1) is 0 Å². The smallest absolute Gasteiger partial charge is 0.339 e. The summed E-state index contributed by atoms with van der Waals surface area (Å²) < 4.78 is 16.5. The van der Waals surface area contributed by atoms with Crippen molar-refractivity contribution in [3.8, 4) is 0 Å². The Kier molecular flexibility index (Phi) is 5.44. The molecule has 1 aromatic carbocycles. The van der Waals surface area contributed by atoms with E-state index in [1.54, 1.807) is 39.0 Å². The molecule has 3 rings (SSSR count). The highest BCUT2D eigenvalue weighted by Gasteiger charge is 2.63. The first kappa shape index (κ1) is 20.9. The predicted octanol–water partition coefficient (Wildman–Crippen LogP) is 2.63. The number of benzene rings is 1. The van der Waals surface area contributed by atoms with Gasteiger partial charge >= 0.3 is 17.9 Å². The number of halogens is 1. The average molecular weight is 465 g/mol. The molecule has 0 saturated heterocycles. The molecule has 29 heavy (non-hydrogen) atoms. The molecule has 0 amide bonds. The first-order valence-electron chi connectivity index (χ1n) is 9.03. The van der Waals surface area contributed by atoms with Gasteiger partial charge in [-0.2, -0.15) is 0 Å². The number of cyclic esters (lactones) is 1. The van der Waals surface area contributed by atoms with Crippen molar-refractivity contribution in [3.63, 3.8) is 0 Å². The Hall–Kier alpha value is -2.81. The number of carbonyl (C=O) groups is 3. The van der Waals surface area contributed by atoms with Gasteiger partial charge in [-0.05, 0) is 45.9 Å². The fourth-order valence-corrected chi connectivity index (χ4v) is 3.98. The number of carbonyl (C=O) groups excluding carboxylic acids is 3. The lowest BCUT2D eigenvalue weighted by Gasteiger charge is -2.36. The minimum absolute atomic E-state index is 0.0453. The van der Waals surface area contributed by atoms with Crippen LogP contribution >= 0.6 is 15.9 Å². The van der Waals surface area contributed by atoms with E-state index >= 15 is 0 Å². The molecule has 0 radical (unpaired) electrons. The molecule has 1 atom stereocenters. The van der Waals surface area contributed by atoms with Gasteiger partial charge in [0.05, 0.1) is 12.7 Å². The summed E-state index contributed by atoms with van der Waals surface area (Å²) in [7, 11) is 0. The van der Waals surface area contributed by atoms with Crippen molar-refractivity contribution in [2.45, 2.75) is 39.2 Å². The first-order chi connectivity index (χ1) is 13.6. The van der Waals surface area contributed by atoms with Gasteiger partial charge in [-0.1, -0.05) is 15.9 Å². The zero-order valence-electron chi connectivity index (χ0n) is 16.4. The summed E-state index contributed by atoms with van der Waals surface area (Å²) in [5.74, 6) is -2.48. The number of hydrogen-bond acceptors (Lipinski definition) is 8. The zero-order chi connectivity index (χ0) is 21.5. The first-order valence-corrected chi connectivity index (χ1v) is 9.82.